The van der Waals surface area contributed by atoms with E-state index >= 15 is 0 Å². The van der Waals surface area contributed by atoms with Crippen molar-refractivity contribution in [3.05, 3.63) is 0 Å². The number of hydrogen-bond donors (Lipinski definition) is 0. The second-order valence-corrected chi connectivity index (χ2v) is 5.98. The van der Waals surface area contributed by atoms with Gasteiger partial charge >= 0.3 is 0 Å². The fourth-order valence-corrected chi connectivity index (χ4v) is 3.74. The van der Waals surface area contributed by atoms with E-state index in [1.165, 1.54) is 43.9 Å². The van der Waals surface area contributed by atoms with Crippen molar-refractivity contribution < 1.29 is 4.79 Å². The van der Waals surface area contributed by atoms with Crippen molar-refractivity contribution in [3.8, 4) is 6.07 Å². The number of carbonyl (C=O) groups excluding carboxylic acids is 1. The highest BCUT2D eigenvalue weighted by Crippen LogP contribution is 2.35. The molecule has 1 aliphatic heterocycles. The van der Waals surface area contributed by atoms with Crippen LogP contribution in [0.4, 0.5) is 0 Å². The van der Waals surface area contributed by atoms with Gasteiger partial charge in [0.2, 0.25) is 5.91 Å². The Hall–Kier alpha value is -0.690. The van der Waals surface area contributed by atoms with Crippen molar-refractivity contribution >= 4 is 17.7 Å². The summed E-state index contributed by atoms with van der Waals surface area (Å²) >= 11 is 1.44. The summed E-state index contributed by atoms with van der Waals surface area (Å²) in [6, 6.07) is 2.58. The summed E-state index contributed by atoms with van der Waals surface area (Å²) in [4.78, 5) is 14.2. The van der Waals surface area contributed by atoms with Gasteiger partial charge < -0.3 is 4.90 Å². The lowest BCUT2D eigenvalue weighted by Crippen LogP contribution is -2.50. The van der Waals surface area contributed by atoms with Gasteiger partial charge in [0, 0.05) is 12.6 Å². The van der Waals surface area contributed by atoms with E-state index in [1.807, 2.05) is 0 Å². The van der Waals surface area contributed by atoms with Gasteiger partial charge in [0.15, 0.2) is 0 Å². The maximum absolute atomic E-state index is 12.1. The average Bonchev–Trinajstić information content (AvgIpc) is 2.38. The molecule has 1 saturated carbocycles. The Kier molecular flexibility index (Phi) is 4.73. The maximum Gasteiger partial charge on any atom is 0.232 e. The number of thioether (sulfide) groups is 1. The lowest BCUT2D eigenvalue weighted by Gasteiger charge is -2.44. The van der Waals surface area contributed by atoms with Gasteiger partial charge in [-0.2, -0.15) is 5.26 Å². The molecule has 0 bridgehead atoms. The highest BCUT2D eigenvalue weighted by molar-refractivity contribution is 8.00. The van der Waals surface area contributed by atoms with Gasteiger partial charge in [-0.05, 0) is 31.6 Å². The zero-order valence-electron chi connectivity index (χ0n) is 10.2. The van der Waals surface area contributed by atoms with Crippen molar-refractivity contribution in [2.75, 3.05) is 18.1 Å². The molecule has 2 rings (SSSR count). The number of fused-ring (bicyclic) bond motifs is 1. The van der Waals surface area contributed by atoms with Crippen LogP contribution in [0.25, 0.3) is 0 Å². The molecule has 1 heterocycles. The Morgan fingerprint density at radius 1 is 1.29 bits per heavy atom. The molecule has 0 unspecified atom stereocenters. The van der Waals surface area contributed by atoms with Gasteiger partial charge in [0.1, 0.15) is 0 Å². The molecule has 2 aliphatic rings. The summed E-state index contributed by atoms with van der Waals surface area (Å²) < 4.78 is 0. The molecule has 0 radical (unpaired) electrons. The second-order valence-electron chi connectivity index (χ2n) is 4.99. The van der Waals surface area contributed by atoms with E-state index in [1.54, 1.807) is 0 Å². The number of hydrogen-bond acceptors (Lipinski definition) is 3. The van der Waals surface area contributed by atoms with Crippen LogP contribution in [0.2, 0.25) is 0 Å². The van der Waals surface area contributed by atoms with Crippen LogP contribution >= 0.6 is 11.8 Å². The molecule has 2 fully saturated rings. The fraction of sp³-hybridized carbons (Fsp3) is 0.846. The Morgan fingerprint density at radius 2 is 2.06 bits per heavy atom. The zero-order chi connectivity index (χ0) is 12.1. The lowest BCUT2D eigenvalue weighted by atomic mass is 9.78. The Balaban J connectivity index is 1.89. The number of nitrogens with zero attached hydrogens (tertiary/aromatic N) is 2. The van der Waals surface area contributed by atoms with E-state index in [2.05, 4.69) is 11.0 Å². The molecule has 0 spiro atoms. The molecule has 0 aromatic heterocycles. The smallest absolute Gasteiger partial charge is 0.232 e. The first kappa shape index (κ1) is 12.8. The van der Waals surface area contributed by atoms with Gasteiger partial charge in [-0.25, -0.2) is 0 Å². The molecule has 0 aromatic rings. The van der Waals surface area contributed by atoms with Crippen LogP contribution in [0.1, 0.15) is 38.5 Å². The van der Waals surface area contributed by atoms with Crippen LogP contribution in [-0.2, 0) is 4.79 Å². The summed E-state index contributed by atoms with van der Waals surface area (Å²) in [6.45, 7) is 0.938. The van der Waals surface area contributed by atoms with Crippen LogP contribution < -0.4 is 0 Å². The van der Waals surface area contributed by atoms with Crippen LogP contribution in [0.3, 0.4) is 0 Å². The zero-order valence-corrected chi connectivity index (χ0v) is 11.0. The molecule has 1 saturated heterocycles. The van der Waals surface area contributed by atoms with Gasteiger partial charge in [-0.15, -0.1) is 11.8 Å². The third kappa shape index (κ3) is 3.16. The number of carbonyl (C=O) groups is 1. The summed E-state index contributed by atoms with van der Waals surface area (Å²) in [5.74, 6) is 1.91. The van der Waals surface area contributed by atoms with E-state index < -0.39 is 0 Å². The monoisotopic (exact) mass is 252 g/mol. The predicted octanol–water partition coefficient (Wildman–Crippen LogP) is 2.42. The molecule has 2 atom stereocenters. The second kappa shape index (κ2) is 6.30. The van der Waals surface area contributed by atoms with Gasteiger partial charge in [-0.1, -0.05) is 12.8 Å². The first-order valence-corrected chi connectivity index (χ1v) is 7.72. The number of nitriles is 1. The minimum atomic E-state index is 0.252. The van der Waals surface area contributed by atoms with E-state index in [9.17, 15) is 4.79 Å². The number of amides is 1. The highest BCUT2D eigenvalue weighted by atomic mass is 32.2. The van der Waals surface area contributed by atoms with Crippen LogP contribution in [0, 0.1) is 17.2 Å². The highest BCUT2D eigenvalue weighted by Gasteiger charge is 2.35. The first-order chi connectivity index (χ1) is 8.33. The largest absolute Gasteiger partial charge is 0.339 e. The minimum absolute atomic E-state index is 0.252. The van der Waals surface area contributed by atoms with Gasteiger partial charge in [0.25, 0.3) is 0 Å². The van der Waals surface area contributed by atoms with E-state index in [4.69, 9.17) is 5.26 Å². The summed E-state index contributed by atoms with van der Waals surface area (Å²) in [5.41, 5.74) is 0. The van der Waals surface area contributed by atoms with Crippen molar-refractivity contribution in [2.24, 2.45) is 5.92 Å². The molecule has 0 N–H and O–H groups in total. The third-order valence-electron chi connectivity index (χ3n) is 3.96. The number of piperidine rings is 1. The van der Waals surface area contributed by atoms with E-state index in [-0.39, 0.29) is 5.91 Å². The predicted molar refractivity (Wildman–Crippen MR) is 69.6 cm³/mol. The molecule has 0 aromatic carbocycles. The molecule has 94 valence electrons. The van der Waals surface area contributed by atoms with Crippen molar-refractivity contribution in [1.82, 2.24) is 4.90 Å². The Bertz CT molecular complexity index is 311. The normalized spacial score (nSPS) is 28.3. The fourth-order valence-electron chi connectivity index (χ4n) is 3.20. The lowest BCUT2D eigenvalue weighted by molar-refractivity contribution is -0.134. The maximum atomic E-state index is 12.1. The molecule has 1 aliphatic carbocycles. The first-order valence-electron chi connectivity index (χ1n) is 6.57. The van der Waals surface area contributed by atoms with Crippen molar-refractivity contribution in [3.63, 3.8) is 0 Å². The molecular weight excluding hydrogens is 232 g/mol. The Morgan fingerprint density at radius 3 is 2.88 bits per heavy atom. The Labute approximate surface area is 108 Å². The van der Waals surface area contributed by atoms with Crippen LogP contribution in [-0.4, -0.2) is 34.9 Å². The molecule has 17 heavy (non-hydrogen) atoms. The SMILES string of the molecule is N#CCSCC(=O)N1CCC[C@H]2CCCC[C@@H]21. The standard InChI is InChI=1S/C13H20N2OS/c14-7-9-17-10-13(16)15-8-3-5-11-4-1-2-6-12(11)15/h11-12H,1-6,8-10H2/t11-,12+/m1/s1. The van der Waals surface area contributed by atoms with Crippen molar-refractivity contribution in [1.29, 1.82) is 5.26 Å². The molecule has 3 nitrogen and oxygen atoms in total. The molecule has 1 amide bonds. The van der Waals surface area contributed by atoms with Crippen LogP contribution in [0.5, 0.6) is 0 Å². The summed E-state index contributed by atoms with van der Waals surface area (Å²) in [7, 11) is 0. The quantitative estimate of drug-likeness (QED) is 0.725. The molecular formula is C13H20N2OS. The minimum Gasteiger partial charge on any atom is -0.339 e. The van der Waals surface area contributed by atoms with Gasteiger partial charge in [0.05, 0.1) is 17.6 Å². The van der Waals surface area contributed by atoms with E-state index in [0.29, 0.717) is 17.5 Å². The van der Waals surface area contributed by atoms with Crippen LogP contribution in [0.15, 0.2) is 0 Å². The summed E-state index contributed by atoms with van der Waals surface area (Å²) in [6.07, 6.45) is 7.58. The topological polar surface area (TPSA) is 44.1 Å². The summed E-state index contributed by atoms with van der Waals surface area (Å²) in [5, 5.41) is 8.48. The molecule has 4 heteroatoms. The number of rotatable bonds is 3. The third-order valence-corrected chi connectivity index (χ3v) is 4.74. The van der Waals surface area contributed by atoms with Crippen molar-refractivity contribution in [2.45, 2.75) is 44.6 Å². The number of likely N-dealkylation sites (tertiary alicyclic amines) is 1. The van der Waals surface area contributed by atoms with E-state index in [0.717, 1.165) is 18.9 Å². The average molecular weight is 252 g/mol. The van der Waals surface area contributed by atoms with Gasteiger partial charge in [-0.3, -0.25) is 4.79 Å².